The van der Waals surface area contributed by atoms with E-state index in [0.29, 0.717) is 6.42 Å². The lowest BCUT2D eigenvalue weighted by Crippen LogP contribution is -2.45. The Labute approximate surface area is 131 Å². The number of rotatable bonds is 3. The molecule has 2 aliphatic rings. The van der Waals surface area contributed by atoms with Crippen molar-refractivity contribution in [3.05, 3.63) is 29.8 Å². The van der Waals surface area contributed by atoms with E-state index in [2.05, 4.69) is 6.07 Å². The SMILES string of the molecule is CN(CC(=O)N1CCCc2ccccc21)C1CCS(=O)(=O)C1. The number of hydrogen-bond acceptors (Lipinski definition) is 4. The summed E-state index contributed by atoms with van der Waals surface area (Å²) < 4.78 is 23.1. The molecule has 1 fully saturated rings. The van der Waals surface area contributed by atoms with Crippen LogP contribution in [0, 0.1) is 0 Å². The maximum absolute atomic E-state index is 12.6. The topological polar surface area (TPSA) is 57.7 Å². The quantitative estimate of drug-likeness (QED) is 0.836. The van der Waals surface area contributed by atoms with Crippen molar-refractivity contribution in [3.8, 4) is 0 Å². The van der Waals surface area contributed by atoms with Crippen molar-refractivity contribution in [1.82, 2.24) is 4.90 Å². The first-order chi connectivity index (χ1) is 10.5. The lowest BCUT2D eigenvalue weighted by atomic mass is 10.0. The number of sulfone groups is 1. The molecule has 5 nitrogen and oxygen atoms in total. The molecule has 0 aromatic heterocycles. The van der Waals surface area contributed by atoms with Gasteiger partial charge in [-0.25, -0.2) is 8.42 Å². The molecule has 0 spiro atoms. The number of carbonyl (C=O) groups excluding carboxylic acids is 1. The Bertz CT molecular complexity index is 672. The smallest absolute Gasteiger partial charge is 0.241 e. The van der Waals surface area contributed by atoms with E-state index < -0.39 is 9.84 Å². The first-order valence-corrected chi connectivity index (χ1v) is 9.57. The average molecular weight is 322 g/mol. The van der Waals surface area contributed by atoms with Crippen molar-refractivity contribution in [3.63, 3.8) is 0 Å². The van der Waals surface area contributed by atoms with E-state index in [1.165, 1.54) is 5.56 Å². The van der Waals surface area contributed by atoms with Crippen LogP contribution in [0.25, 0.3) is 0 Å². The molecule has 0 radical (unpaired) electrons. The summed E-state index contributed by atoms with van der Waals surface area (Å²) >= 11 is 0. The maximum atomic E-state index is 12.6. The molecular weight excluding hydrogens is 300 g/mol. The molecule has 1 amide bonds. The predicted octanol–water partition coefficient (Wildman–Crippen LogP) is 1.08. The molecule has 0 aliphatic carbocycles. The first kappa shape index (κ1) is 15.5. The molecule has 0 saturated carbocycles. The van der Waals surface area contributed by atoms with Gasteiger partial charge in [-0.15, -0.1) is 0 Å². The number of amides is 1. The molecule has 1 atom stereocenters. The van der Waals surface area contributed by atoms with E-state index in [-0.39, 0.29) is 30.0 Å². The van der Waals surface area contributed by atoms with Crippen molar-refractivity contribution >= 4 is 21.4 Å². The minimum Gasteiger partial charge on any atom is -0.311 e. The second kappa shape index (κ2) is 6.01. The number of nitrogens with zero attached hydrogens (tertiary/aromatic N) is 2. The Morgan fingerprint density at radius 2 is 2.14 bits per heavy atom. The van der Waals surface area contributed by atoms with E-state index in [9.17, 15) is 13.2 Å². The van der Waals surface area contributed by atoms with Crippen molar-refractivity contribution in [2.45, 2.75) is 25.3 Å². The van der Waals surface area contributed by atoms with Crippen molar-refractivity contribution in [2.75, 3.05) is 36.5 Å². The molecule has 22 heavy (non-hydrogen) atoms. The maximum Gasteiger partial charge on any atom is 0.241 e. The number of likely N-dealkylation sites (N-methyl/N-ethyl adjacent to an activating group) is 1. The lowest BCUT2D eigenvalue weighted by Gasteiger charge is -2.32. The number of aryl methyl sites for hydroxylation is 1. The summed E-state index contributed by atoms with van der Waals surface area (Å²) in [6, 6.07) is 7.99. The second-order valence-electron chi connectivity index (χ2n) is 6.25. The van der Waals surface area contributed by atoms with Gasteiger partial charge in [-0.3, -0.25) is 9.69 Å². The van der Waals surface area contributed by atoms with Gasteiger partial charge < -0.3 is 4.90 Å². The van der Waals surface area contributed by atoms with E-state index in [1.54, 1.807) is 0 Å². The highest BCUT2D eigenvalue weighted by Gasteiger charge is 2.32. The standard InChI is InChI=1S/C16H22N2O3S/c1-17(14-8-10-22(20,21)12-14)11-16(19)18-9-4-6-13-5-2-3-7-15(13)18/h2-3,5,7,14H,4,6,8-12H2,1H3. The predicted molar refractivity (Wildman–Crippen MR) is 86.8 cm³/mol. The number of anilines is 1. The summed E-state index contributed by atoms with van der Waals surface area (Å²) in [5.41, 5.74) is 2.22. The molecule has 6 heteroatoms. The largest absolute Gasteiger partial charge is 0.311 e. The number of carbonyl (C=O) groups is 1. The van der Waals surface area contributed by atoms with Gasteiger partial charge >= 0.3 is 0 Å². The van der Waals surface area contributed by atoms with Crippen LogP contribution in [0.1, 0.15) is 18.4 Å². The van der Waals surface area contributed by atoms with E-state index in [1.807, 2.05) is 35.0 Å². The molecule has 0 bridgehead atoms. The zero-order valence-electron chi connectivity index (χ0n) is 12.9. The normalized spacial score (nSPS) is 23.5. The second-order valence-corrected chi connectivity index (χ2v) is 8.48. The van der Waals surface area contributed by atoms with Crippen LogP contribution < -0.4 is 4.90 Å². The fourth-order valence-corrected chi connectivity index (χ4v) is 5.15. The summed E-state index contributed by atoms with van der Waals surface area (Å²) in [5, 5.41) is 0. The third-order valence-electron chi connectivity index (χ3n) is 4.63. The van der Waals surface area contributed by atoms with Crippen LogP contribution in [0.5, 0.6) is 0 Å². The molecular formula is C16H22N2O3S. The Hall–Kier alpha value is -1.40. The molecule has 2 aliphatic heterocycles. The van der Waals surface area contributed by atoms with Crippen molar-refractivity contribution < 1.29 is 13.2 Å². The van der Waals surface area contributed by atoms with Crippen molar-refractivity contribution in [1.29, 1.82) is 0 Å². The highest BCUT2D eigenvalue weighted by Crippen LogP contribution is 2.27. The van der Waals surface area contributed by atoms with E-state index in [0.717, 1.165) is 25.1 Å². The molecule has 1 unspecified atom stereocenters. The van der Waals surface area contributed by atoms with Crippen LogP contribution in [0.2, 0.25) is 0 Å². The van der Waals surface area contributed by atoms with E-state index >= 15 is 0 Å². The Kier molecular flexibility index (Phi) is 4.23. The Morgan fingerprint density at radius 3 is 2.86 bits per heavy atom. The van der Waals surface area contributed by atoms with Crippen LogP contribution in [0.3, 0.4) is 0 Å². The summed E-state index contributed by atoms with van der Waals surface area (Å²) in [7, 11) is -1.07. The van der Waals surface area contributed by atoms with Crippen molar-refractivity contribution in [2.24, 2.45) is 0 Å². The Balaban J connectivity index is 1.68. The molecule has 3 rings (SSSR count). The van der Waals surface area contributed by atoms with Crippen LogP contribution in [-0.2, 0) is 21.1 Å². The molecule has 2 heterocycles. The molecule has 1 aromatic rings. The van der Waals surface area contributed by atoms with Gasteiger partial charge in [0.25, 0.3) is 0 Å². The summed E-state index contributed by atoms with van der Waals surface area (Å²) in [6.07, 6.45) is 2.61. The van der Waals surface area contributed by atoms with Gasteiger partial charge in [-0.2, -0.15) is 0 Å². The van der Waals surface area contributed by atoms with Gasteiger partial charge in [-0.1, -0.05) is 18.2 Å². The van der Waals surface area contributed by atoms with E-state index in [4.69, 9.17) is 0 Å². The summed E-state index contributed by atoms with van der Waals surface area (Å²) in [5.74, 6) is 0.467. The molecule has 0 N–H and O–H groups in total. The van der Waals surface area contributed by atoms with Gasteiger partial charge in [0.05, 0.1) is 18.1 Å². The average Bonchev–Trinajstić information content (AvgIpc) is 2.87. The van der Waals surface area contributed by atoms with Crippen LogP contribution in [0.4, 0.5) is 5.69 Å². The third-order valence-corrected chi connectivity index (χ3v) is 6.38. The number of benzene rings is 1. The van der Waals surface area contributed by atoms with Gasteiger partial charge in [0, 0.05) is 18.3 Å². The fraction of sp³-hybridized carbons (Fsp3) is 0.562. The monoisotopic (exact) mass is 322 g/mol. The third kappa shape index (κ3) is 3.17. The van der Waals surface area contributed by atoms with Gasteiger partial charge in [0.1, 0.15) is 0 Å². The summed E-state index contributed by atoms with van der Waals surface area (Å²) in [4.78, 5) is 16.4. The molecule has 1 aromatic carbocycles. The Morgan fingerprint density at radius 1 is 1.36 bits per heavy atom. The van der Waals surface area contributed by atoms with Gasteiger partial charge in [0.2, 0.25) is 5.91 Å². The van der Waals surface area contributed by atoms with Crippen LogP contribution in [-0.4, -0.2) is 56.9 Å². The minimum atomic E-state index is -2.92. The molecule has 120 valence electrons. The zero-order valence-corrected chi connectivity index (χ0v) is 13.7. The number of fused-ring (bicyclic) bond motifs is 1. The lowest BCUT2D eigenvalue weighted by molar-refractivity contribution is -0.119. The summed E-state index contributed by atoms with van der Waals surface area (Å²) in [6.45, 7) is 1.02. The van der Waals surface area contributed by atoms with Gasteiger partial charge in [-0.05, 0) is 37.9 Å². The first-order valence-electron chi connectivity index (χ1n) is 7.75. The molecule has 1 saturated heterocycles. The van der Waals surface area contributed by atoms with Crippen LogP contribution in [0.15, 0.2) is 24.3 Å². The highest BCUT2D eigenvalue weighted by molar-refractivity contribution is 7.91. The zero-order chi connectivity index (χ0) is 15.7. The minimum absolute atomic E-state index is 0.0333. The van der Waals surface area contributed by atoms with Gasteiger partial charge in [0.15, 0.2) is 9.84 Å². The fourth-order valence-electron chi connectivity index (χ4n) is 3.34. The van der Waals surface area contributed by atoms with Crippen LogP contribution >= 0.6 is 0 Å². The number of hydrogen-bond donors (Lipinski definition) is 0. The highest BCUT2D eigenvalue weighted by atomic mass is 32.2. The number of para-hydroxylation sites is 1.